The Labute approximate surface area is 166 Å². The fraction of sp³-hybridized carbons (Fsp3) is 0.0588. The Morgan fingerprint density at radius 3 is 2.48 bits per heavy atom. The summed E-state index contributed by atoms with van der Waals surface area (Å²) >= 11 is 0. The van der Waals surface area contributed by atoms with Crippen molar-refractivity contribution in [2.24, 2.45) is 5.10 Å². The van der Waals surface area contributed by atoms with E-state index in [2.05, 4.69) is 43.2 Å². The predicted molar refractivity (Wildman–Crippen MR) is 86.7 cm³/mol. The molecule has 3 heterocycles. The molecule has 0 saturated heterocycles. The van der Waals surface area contributed by atoms with E-state index >= 15 is 0 Å². The van der Waals surface area contributed by atoms with Crippen LogP contribution in [-0.4, -0.2) is 48.6 Å². The van der Waals surface area contributed by atoms with Gasteiger partial charge in [0.15, 0.2) is 0 Å². The van der Waals surface area contributed by atoms with Gasteiger partial charge in [-0.05, 0) is 6.20 Å². The van der Waals surface area contributed by atoms with Gasteiger partial charge >= 0.3 is 12.3 Å². The maximum absolute atomic E-state index is 13.2. The van der Waals surface area contributed by atoms with E-state index in [-0.39, 0.29) is 31.5 Å². The smallest absolute Gasteiger partial charge is 0.386 e. The van der Waals surface area contributed by atoms with Crippen molar-refractivity contribution in [2.75, 3.05) is 7.05 Å². The fourth-order valence-corrected chi connectivity index (χ4v) is 1.86. The number of hydrazone groups is 1. The summed E-state index contributed by atoms with van der Waals surface area (Å²) < 4.78 is 29.0. The summed E-state index contributed by atoms with van der Waals surface area (Å²) in [6.07, 6.45) is 7.50. The van der Waals surface area contributed by atoms with Gasteiger partial charge in [-0.25, -0.2) is 4.98 Å². The Kier molecular flexibility index (Phi) is 7.19. The normalized spacial score (nSPS) is 11.7. The molecule has 0 fully saturated rings. The van der Waals surface area contributed by atoms with Crippen LogP contribution in [0, 0.1) is 23.8 Å². The molecule has 1 aliphatic rings. The molecule has 137 valence electrons. The fourth-order valence-electron chi connectivity index (χ4n) is 1.86. The summed E-state index contributed by atoms with van der Waals surface area (Å²) in [4.78, 5) is 15.0. The van der Waals surface area contributed by atoms with Crippen molar-refractivity contribution in [3.63, 3.8) is 0 Å². The van der Waals surface area contributed by atoms with E-state index < -0.39 is 11.6 Å². The SMILES string of the molecule is C[N+]1=C=[N+](c2[c-]ccnc2)N=C1.Fc1c[c-]c(-c2ncncn2)c(F)c1.[Ir]. The van der Waals surface area contributed by atoms with Crippen LogP contribution in [0.2, 0.25) is 0 Å². The van der Waals surface area contributed by atoms with Gasteiger partial charge in [-0.15, -0.1) is 22.8 Å². The third-order valence-electron chi connectivity index (χ3n) is 2.98. The van der Waals surface area contributed by atoms with Gasteiger partial charge in [-0.2, -0.15) is 6.07 Å². The van der Waals surface area contributed by atoms with E-state index in [0.29, 0.717) is 0 Å². The Bertz CT molecular complexity index is 1000. The molecular weight excluding hydrogens is 532 g/mol. The molecule has 3 aromatic rings. The molecule has 27 heavy (non-hydrogen) atoms. The third kappa shape index (κ3) is 5.46. The maximum Gasteiger partial charge on any atom is 0.420 e. The van der Waals surface area contributed by atoms with E-state index in [4.69, 9.17) is 0 Å². The Balaban J connectivity index is 0.000000189. The van der Waals surface area contributed by atoms with Crippen molar-refractivity contribution >= 4 is 18.0 Å². The number of hydrogen-bond acceptors (Lipinski definition) is 5. The van der Waals surface area contributed by atoms with Gasteiger partial charge in [0.2, 0.25) is 5.10 Å². The van der Waals surface area contributed by atoms with Crippen molar-refractivity contribution in [1.29, 1.82) is 0 Å². The first-order valence-electron chi connectivity index (χ1n) is 7.27. The molecule has 7 nitrogen and oxygen atoms in total. The van der Waals surface area contributed by atoms with Gasteiger partial charge < -0.3 is 4.98 Å². The molecular formula is C17H11F2IrN7. The Hall–Kier alpha value is -3.06. The molecule has 0 saturated carbocycles. The average molecular weight is 544 g/mol. The predicted octanol–water partition coefficient (Wildman–Crippen LogP) is 1.91. The van der Waals surface area contributed by atoms with E-state index in [1.807, 2.05) is 7.05 Å². The van der Waals surface area contributed by atoms with Crippen LogP contribution in [0.15, 0.2) is 48.3 Å². The quantitative estimate of drug-likeness (QED) is 0.366. The van der Waals surface area contributed by atoms with E-state index in [0.717, 1.165) is 17.8 Å². The number of rotatable bonds is 2. The second-order valence-electron chi connectivity index (χ2n) is 4.88. The minimum atomic E-state index is -0.740. The topological polar surface area (TPSA) is 69.9 Å². The van der Waals surface area contributed by atoms with Crippen LogP contribution in [0.25, 0.3) is 11.4 Å². The van der Waals surface area contributed by atoms with Crippen molar-refractivity contribution in [1.82, 2.24) is 19.9 Å². The minimum absolute atomic E-state index is 0. The number of aromatic nitrogens is 4. The summed E-state index contributed by atoms with van der Waals surface area (Å²) in [5.74, 6) is -1.28. The molecule has 0 atom stereocenters. The van der Waals surface area contributed by atoms with Gasteiger partial charge in [0.1, 0.15) is 25.4 Å². The first kappa shape index (κ1) is 20.3. The van der Waals surface area contributed by atoms with Crippen molar-refractivity contribution < 1.29 is 38.1 Å². The third-order valence-corrected chi connectivity index (χ3v) is 2.98. The number of nitrogens with zero attached hydrogens (tertiary/aromatic N) is 7. The summed E-state index contributed by atoms with van der Waals surface area (Å²) in [6.45, 7) is 0. The molecule has 1 aliphatic heterocycles. The summed E-state index contributed by atoms with van der Waals surface area (Å²) in [5.41, 5.74) is 0.826. The second-order valence-corrected chi connectivity index (χ2v) is 4.88. The molecule has 0 N–H and O–H groups in total. The van der Waals surface area contributed by atoms with E-state index in [1.54, 1.807) is 34.1 Å². The molecule has 0 spiro atoms. The van der Waals surface area contributed by atoms with Crippen LogP contribution in [0.1, 0.15) is 0 Å². The largest absolute Gasteiger partial charge is 0.420 e. The standard InChI is InChI=1S/C9H4F2N3.C8H7N4.Ir/c10-6-1-2-7(8(11)3-6)9-13-4-12-5-14-9;1-11-6-10-12(7-11)8-3-2-4-9-5-8;/h1,3-5H;2,4-6H,1H3;/q-1;+1;. The summed E-state index contributed by atoms with van der Waals surface area (Å²) in [5, 5.41) is 4.04. The number of pyridine rings is 1. The molecule has 4 rings (SSSR count). The van der Waals surface area contributed by atoms with Gasteiger partial charge in [0, 0.05) is 31.7 Å². The number of benzene rings is 1. The number of hydrogen-bond donors (Lipinski definition) is 0. The zero-order valence-corrected chi connectivity index (χ0v) is 16.2. The molecule has 10 heteroatoms. The Morgan fingerprint density at radius 2 is 1.89 bits per heavy atom. The molecule has 1 aromatic carbocycles. The van der Waals surface area contributed by atoms with Crippen molar-refractivity contribution in [2.45, 2.75) is 0 Å². The van der Waals surface area contributed by atoms with Crippen molar-refractivity contribution in [3.8, 4) is 11.4 Å². The van der Waals surface area contributed by atoms with E-state index in [9.17, 15) is 8.78 Å². The summed E-state index contributed by atoms with van der Waals surface area (Å²) in [6, 6.07) is 11.9. The first-order valence-corrected chi connectivity index (χ1v) is 7.27. The molecule has 0 aliphatic carbocycles. The van der Waals surface area contributed by atoms with Crippen LogP contribution >= 0.6 is 0 Å². The molecule has 0 amide bonds. The van der Waals surface area contributed by atoms with Crippen molar-refractivity contribution in [3.05, 3.63) is 67.0 Å². The zero-order chi connectivity index (χ0) is 18.4. The van der Waals surface area contributed by atoms with Crippen LogP contribution in [-0.2, 0) is 20.1 Å². The molecule has 0 unspecified atom stereocenters. The average Bonchev–Trinajstić information content (AvgIpc) is 3.10. The summed E-state index contributed by atoms with van der Waals surface area (Å²) in [7, 11) is 1.86. The van der Waals surface area contributed by atoms with Gasteiger partial charge in [0.25, 0.3) is 0 Å². The number of halogens is 2. The van der Waals surface area contributed by atoms with Gasteiger partial charge in [0.05, 0.1) is 10.5 Å². The van der Waals surface area contributed by atoms with Gasteiger partial charge in [-0.1, -0.05) is 17.8 Å². The zero-order valence-electron chi connectivity index (χ0n) is 13.8. The minimum Gasteiger partial charge on any atom is -0.386 e. The molecule has 0 bridgehead atoms. The van der Waals surface area contributed by atoms with Gasteiger partial charge in [-0.3, -0.25) is 18.7 Å². The van der Waals surface area contributed by atoms with Crippen LogP contribution < -0.4 is 0 Å². The van der Waals surface area contributed by atoms with Crippen LogP contribution in [0.4, 0.5) is 14.5 Å². The first-order chi connectivity index (χ1) is 12.6. The molecule has 2 aromatic heterocycles. The maximum atomic E-state index is 13.2. The molecule has 1 radical (unpaired) electrons. The Morgan fingerprint density at radius 1 is 1.11 bits per heavy atom. The van der Waals surface area contributed by atoms with E-state index in [1.165, 1.54) is 12.7 Å². The van der Waals surface area contributed by atoms with Crippen LogP contribution in [0.3, 0.4) is 0 Å². The monoisotopic (exact) mass is 544 g/mol. The second kappa shape index (κ2) is 9.59. The van der Waals surface area contributed by atoms with Crippen LogP contribution in [0.5, 0.6) is 0 Å².